The SMILES string of the molecule is CC(=O)Oc1cccc(C(=O)Nc2ccc(NC(=O)c3cc(Cl)ccc3Cl)cc2)c1. The predicted molar refractivity (Wildman–Crippen MR) is 117 cm³/mol. The molecule has 0 unspecified atom stereocenters. The van der Waals surface area contributed by atoms with Gasteiger partial charge < -0.3 is 15.4 Å². The van der Waals surface area contributed by atoms with Gasteiger partial charge in [-0.05, 0) is 60.7 Å². The molecule has 8 heteroatoms. The van der Waals surface area contributed by atoms with Crippen LogP contribution in [0.1, 0.15) is 27.6 Å². The zero-order valence-corrected chi connectivity index (χ0v) is 17.3. The van der Waals surface area contributed by atoms with Crippen LogP contribution in [0.15, 0.2) is 66.7 Å². The largest absolute Gasteiger partial charge is 0.427 e. The summed E-state index contributed by atoms with van der Waals surface area (Å²) in [5.41, 5.74) is 1.64. The van der Waals surface area contributed by atoms with E-state index in [2.05, 4.69) is 10.6 Å². The lowest BCUT2D eigenvalue weighted by atomic mass is 10.2. The number of carbonyl (C=O) groups is 3. The van der Waals surface area contributed by atoms with Crippen LogP contribution in [0.4, 0.5) is 11.4 Å². The van der Waals surface area contributed by atoms with Crippen molar-refractivity contribution in [3.63, 3.8) is 0 Å². The number of amides is 2. The Balaban J connectivity index is 1.66. The van der Waals surface area contributed by atoms with Crippen molar-refractivity contribution in [2.45, 2.75) is 6.92 Å². The van der Waals surface area contributed by atoms with Crippen LogP contribution < -0.4 is 15.4 Å². The molecule has 6 nitrogen and oxygen atoms in total. The van der Waals surface area contributed by atoms with Gasteiger partial charge in [-0.25, -0.2) is 0 Å². The molecule has 30 heavy (non-hydrogen) atoms. The predicted octanol–water partition coefficient (Wildman–Crippen LogP) is 5.42. The molecule has 0 heterocycles. The minimum absolute atomic E-state index is 0.259. The van der Waals surface area contributed by atoms with Gasteiger partial charge in [0.05, 0.1) is 10.6 Å². The molecular formula is C22H16Cl2N2O4. The Morgan fingerprint density at radius 3 is 2.07 bits per heavy atom. The number of esters is 1. The molecule has 2 amide bonds. The normalized spacial score (nSPS) is 10.2. The van der Waals surface area contributed by atoms with Crippen LogP contribution in [0.25, 0.3) is 0 Å². The van der Waals surface area contributed by atoms with E-state index >= 15 is 0 Å². The molecular weight excluding hydrogens is 427 g/mol. The number of hydrogen-bond acceptors (Lipinski definition) is 4. The smallest absolute Gasteiger partial charge is 0.308 e. The first-order valence-corrected chi connectivity index (χ1v) is 9.54. The van der Waals surface area contributed by atoms with Crippen molar-refractivity contribution in [1.82, 2.24) is 0 Å². The minimum atomic E-state index is -0.468. The highest BCUT2D eigenvalue weighted by Crippen LogP contribution is 2.23. The van der Waals surface area contributed by atoms with E-state index in [0.717, 1.165) is 0 Å². The Bertz CT molecular complexity index is 1110. The van der Waals surface area contributed by atoms with Crippen molar-refractivity contribution in [3.05, 3.63) is 87.9 Å². The second kappa shape index (κ2) is 9.43. The molecule has 3 aromatic rings. The van der Waals surface area contributed by atoms with E-state index in [9.17, 15) is 14.4 Å². The van der Waals surface area contributed by atoms with Gasteiger partial charge in [-0.15, -0.1) is 0 Å². The van der Waals surface area contributed by atoms with Crippen molar-refractivity contribution in [2.75, 3.05) is 10.6 Å². The number of halogens is 2. The number of ether oxygens (including phenoxy) is 1. The molecule has 0 saturated heterocycles. The molecule has 3 aromatic carbocycles. The highest BCUT2D eigenvalue weighted by Gasteiger charge is 2.12. The minimum Gasteiger partial charge on any atom is -0.427 e. The first kappa shape index (κ1) is 21.4. The summed E-state index contributed by atoms with van der Waals surface area (Å²) in [5, 5.41) is 6.15. The number of anilines is 2. The van der Waals surface area contributed by atoms with Crippen LogP contribution in [-0.2, 0) is 4.79 Å². The standard InChI is InChI=1S/C22H16Cl2N2O4/c1-13(27)30-18-4-2-3-14(11-18)21(28)25-16-6-8-17(9-7-16)26-22(29)19-12-15(23)5-10-20(19)24/h2-12H,1H3,(H,25,28)(H,26,29). The van der Waals surface area contributed by atoms with Crippen LogP contribution in [0.2, 0.25) is 10.0 Å². The molecule has 0 radical (unpaired) electrons. The third kappa shape index (κ3) is 5.59. The van der Waals surface area contributed by atoms with Gasteiger partial charge in [0.1, 0.15) is 5.75 Å². The van der Waals surface area contributed by atoms with Crippen molar-refractivity contribution >= 4 is 52.4 Å². The molecule has 3 rings (SSSR count). The maximum atomic E-state index is 12.4. The lowest BCUT2D eigenvalue weighted by Crippen LogP contribution is -2.14. The van der Waals surface area contributed by atoms with Gasteiger partial charge in [-0.1, -0.05) is 29.3 Å². The van der Waals surface area contributed by atoms with Crippen molar-refractivity contribution in [3.8, 4) is 5.75 Å². The average molecular weight is 443 g/mol. The van der Waals surface area contributed by atoms with E-state index in [0.29, 0.717) is 22.0 Å². The first-order valence-electron chi connectivity index (χ1n) is 8.78. The van der Waals surface area contributed by atoms with Crippen LogP contribution in [0.5, 0.6) is 5.75 Å². The Hall–Kier alpha value is -3.35. The number of rotatable bonds is 5. The van der Waals surface area contributed by atoms with E-state index < -0.39 is 11.9 Å². The maximum Gasteiger partial charge on any atom is 0.308 e. The highest BCUT2D eigenvalue weighted by molar-refractivity contribution is 6.36. The van der Waals surface area contributed by atoms with Gasteiger partial charge in [0.15, 0.2) is 0 Å². The first-order chi connectivity index (χ1) is 14.3. The second-order valence-corrected chi connectivity index (χ2v) is 7.07. The van der Waals surface area contributed by atoms with Gasteiger partial charge in [-0.3, -0.25) is 14.4 Å². The molecule has 0 fully saturated rings. The van der Waals surface area contributed by atoms with E-state index in [4.69, 9.17) is 27.9 Å². The Labute approximate surface area is 182 Å². The van der Waals surface area contributed by atoms with Gasteiger partial charge in [0.25, 0.3) is 11.8 Å². The molecule has 0 bridgehead atoms. The summed E-state index contributed by atoms with van der Waals surface area (Å²) < 4.78 is 4.98. The van der Waals surface area contributed by atoms with Crippen molar-refractivity contribution in [2.24, 2.45) is 0 Å². The average Bonchev–Trinajstić information content (AvgIpc) is 2.71. The molecule has 0 atom stereocenters. The number of hydrogen-bond donors (Lipinski definition) is 2. The zero-order chi connectivity index (χ0) is 21.7. The van der Waals surface area contributed by atoms with Crippen LogP contribution in [0, 0.1) is 0 Å². The Kier molecular flexibility index (Phi) is 6.72. The summed E-state index contributed by atoms with van der Waals surface area (Å²) in [6.07, 6.45) is 0. The molecule has 0 aliphatic rings. The van der Waals surface area contributed by atoms with Gasteiger partial charge in [-0.2, -0.15) is 0 Å². The summed E-state index contributed by atoms with van der Waals surface area (Å²) in [6, 6.07) is 17.5. The number of benzene rings is 3. The Morgan fingerprint density at radius 2 is 1.43 bits per heavy atom. The van der Waals surface area contributed by atoms with Gasteiger partial charge in [0.2, 0.25) is 0 Å². The van der Waals surface area contributed by atoms with Crippen LogP contribution >= 0.6 is 23.2 Å². The highest BCUT2D eigenvalue weighted by atomic mass is 35.5. The maximum absolute atomic E-state index is 12.4. The summed E-state index contributed by atoms with van der Waals surface area (Å²) >= 11 is 12.0. The summed E-state index contributed by atoms with van der Waals surface area (Å²) in [6.45, 7) is 1.29. The van der Waals surface area contributed by atoms with Gasteiger partial charge in [0, 0.05) is 28.9 Å². The molecule has 0 aromatic heterocycles. The fourth-order valence-electron chi connectivity index (χ4n) is 2.58. The topological polar surface area (TPSA) is 84.5 Å². The van der Waals surface area contributed by atoms with E-state index in [1.807, 2.05) is 0 Å². The quantitative estimate of drug-likeness (QED) is 0.407. The molecule has 0 aliphatic carbocycles. The zero-order valence-electron chi connectivity index (χ0n) is 15.7. The Morgan fingerprint density at radius 1 is 0.800 bits per heavy atom. The third-order valence-corrected chi connectivity index (χ3v) is 4.50. The second-order valence-electron chi connectivity index (χ2n) is 6.23. The van der Waals surface area contributed by atoms with Crippen molar-refractivity contribution < 1.29 is 19.1 Å². The van der Waals surface area contributed by atoms with Crippen molar-refractivity contribution in [1.29, 1.82) is 0 Å². The summed E-state index contributed by atoms with van der Waals surface area (Å²) in [7, 11) is 0. The fraction of sp³-hybridized carbons (Fsp3) is 0.0455. The van der Waals surface area contributed by atoms with E-state index in [1.54, 1.807) is 54.6 Å². The molecule has 0 saturated carbocycles. The number of carbonyl (C=O) groups excluding carboxylic acids is 3. The lowest BCUT2D eigenvalue weighted by molar-refractivity contribution is -0.131. The van der Waals surface area contributed by atoms with E-state index in [1.165, 1.54) is 19.1 Å². The van der Waals surface area contributed by atoms with Crippen LogP contribution in [-0.4, -0.2) is 17.8 Å². The third-order valence-electron chi connectivity index (χ3n) is 3.93. The molecule has 0 aliphatic heterocycles. The number of nitrogens with one attached hydrogen (secondary N) is 2. The lowest BCUT2D eigenvalue weighted by Gasteiger charge is -2.10. The fourth-order valence-corrected chi connectivity index (χ4v) is 2.95. The molecule has 2 N–H and O–H groups in total. The summed E-state index contributed by atoms with van der Waals surface area (Å²) in [4.78, 5) is 35.9. The molecule has 152 valence electrons. The monoisotopic (exact) mass is 442 g/mol. The van der Waals surface area contributed by atoms with Gasteiger partial charge >= 0.3 is 5.97 Å². The summed E-state index contributed by atoms with van der Waals surface area (Å²) in [5.74, 6) is -0.954. The van der Waals surface area contributed by atoms with Crippen LogP contribution in [0.3, 0.4) is 0 Å². The van der Waals surface area contributed by atoms with E-state index in [-0.39, 0.29) is 22.2 Å². The molecule has 0 spiro atoms.